The molecule has 1 atom stereocenters. The summed E-state index contributed by atoms with van der Waals surface area (Å²) in [5.41, 5.74) is 0. The molecule has 0 saturated carbocycles. The van der Waals surface area contributed by atoms with E-state index in [1.807, 2.05) is 27.7 Å². The third-order valence-corrected chi connectivity index (χ3v) is 2.38. The summed E-state index contributed by atoms with van der Waals surface area (Å²) in [7, 11) is 4.42. The lowest BCUT2D eigenvalue weighted by Gasteiger charge is -2.22. The van der Waals surface area contributed by atoms with Crippen LogP contribution in [0.2, 0.25) is 0 Å². The van der Waals surface area contributed by atoms with Gasteiger partial charge < -0.3 is 9.80 Å². The Morgan fingerprint density at radius 1 is 0.929 bits per heavy atom. The molecule has 0 N–H and O–H groups in total. The van der Waals surface area contributed by atoms with E-state index < -0.39 is 0 Å². The van der Waals surface area contributed by atoms with Gasteiger partial charge in [0, 0.05) is 12.6 Å². The predicted octanol–water partition coefficient (Wildman–Crippen LogP) is 2.69. The minimum atomic E-state index is 0.729. The second kappa shape index (κ2) is 11.0. The monoisotopic (exact) mass is 202 g/mol. The van der Waals surface area contributed by atoms with Crippen molar-refractivity contribution >= 4 is 0 Å². The van der Waals surface area contributed by atoms with E-state index in [1.54, 1.807) is 0 Å². The van der Waals surface area contributed by atoms with Crippen LogP contribution in [0, 0.1) is 0 Å². The predicted molar refractivity (Wildman–Crippen MR) is 66.9 cm³/mol. The Labute approximate surface area is 91.3 Å². The van der Waals surface area contributed by atoms with Gasteiger partial charge >= 0.3 is 0 Å². The Morgan fingerprint density at radius 2 is 1.43 bits per heavy atom. The highest BCUT2D eigenvalue weighted by Crippen LogP contribution is 2.04. The van der Waals surface area contributed by atoms with E-state index in [4.69, 9.17) is 0 Å². The minimum Gasteiger partial charge on any atom is -0.305 e. The zero-order valence-corrected chi connectivity index (χ0v) is 11.3. The van der Waals surface area contributed by atoms with Gasteiger partial charge in [0.1, 0.15) is 0 Å². The molecule has 1 aliphatic heterocycles. The van der Waals surface area contributed by atoms with Crippen LogP contribution in [-0.4, -0.2) is 49.6 Å². The average Bonchev–Trinajstić information content (AvgIpc) is 2.36. The molecule has 1 saturated heterocycles. The normalized spacial score (nSPS) is 23.8. The van der Waals surface area contributed by atoms with Crippen LogP contribution < -0.4 is 0 Å². The molecule has 1 heterocycles. The fraction of sp³-hybridized carbons (Fsp3) is 1.00. The summed E-state index contributed by atoms with van der Waals surface area (Å²) in [6, 6.07) is 0.729. The Hall–Kier alpha value is -0.0800. The van der Waals surface area contributed by atoms with Gasteiger partial charge in [-0.3, -0.25) is 0 Å². The molecule has 14 heavy (non-hydrogen) atoms. The quantitative estimate of drug-likeness (QED) is 0.596. The first-order valence-electron chi connectivity index (χ1n) is 6.09. The van der Waals surface area contributed by atoms with Crippen molar-refractivity contribution in [2.45, 2.75) is 47.1 Å². The molecule has 1 fully saturated rings. The van der Waals surface area contributed by atoms with Gasteiger partial charge in [0.15, 0.2) is 0 Å². The van der Waals surface area contributed by atoms with Gasteiger partial charge in [0.25, 0.3) is 0 Å². The highest BCUT2D eigenvalue weighted by atomic mass is 15.2. The molecule has 1 aliphatic rings. The maximum absolute atomic E-state index is 2.43. The second-order valence-corrected chi connectivity index (χ2v) is 3.45. The van der Waals surface area contributed by atoms with Crippen LogP contribution in [0.4, 0.5) is 0 Å². The maximum atomic E-state index is 2.43. The molecule has 88 valence electrons. The zero-order chi connectivity index (χ0) is 11.6. The van der Waals surface area contributed by atoms with Crippen molar-refractivity contribution in [2.75, 3.05) is 33.7 Å². The van der Waals surface area contributed by atoms with E-state index in [-0.39, 0.29) is 0 Å². The van der Waals surface area contributed by atoms with Crippen LogP contribution in [0.15, 0.2) is 0 Å². The molecule has 0 radical (unpaired) electrons. The molecule has 0 spiro atoms. The lowest BCUT2D eigenvalue weighted by Crippen LogP contribution is -2.34. The summed E-state index contributed by atoms with van der Waals surface area (Å²) in [4.78, 5) is 4.84. The van der Waals surface area contributed by atoms with E-state index >= 15 is 0 Å². The van der Waals surface area contributed by atoms with Gasteiger partial charge in [-0.25, -0.2) is 0 Å². The second-order valence-electron chi connectivity index (χ2n) is 3.45. The first-order chi connectivity index (χ1) is 6.70. The first kappa shape index (κ1) is 16.4. The molecule has 0 aromatic carbocycles. The van der Waals surface area contributed by atoms with E-state index in [0.717, 1.165) is 6.04 Å². The lowest BCUT2D eigenvalue weighted by atomic mass is 10.3. The Morgan fingerprint density at radius 3 is 1.93 bits per heavy atom. The summed E-state index contributed by atoms with van der Waals surface area (Å²) in [5, 5.41) is 0. The number of nitrogens with zero attached hydrogens (tertiary/aromatic N) is 2. The Kier molecular flexibility index (Phi) is 12.8. The highest BCUT2D eigenvalue weighted by Gasteiger charge is 2.14. The molecular weight excluding hydrogens is 172 g/mol. The fourth-order valence-corrected chi connectivity index (χ4v) is 1.49. The van der Waals surface area contributed by atoms with Crippen molar-refractivity contribution < 1.29 is 0 Å². The molecule has 2 nitrogen and oxygen atoms in total. The third-order valence-electron chi connectivity index (χ3n) is 2.38. The summed E-state index contributed by atoms with van der Waals surface area (Å²) >= 11 is 0. The topological polar surface area (TPSA) is 6.48 Å². The average molecular weight is 202 g/mol. The van der Waals surface area contributed by atoms with Crippen LogP contribution in [0.5, 0.6) is 0 Å². The highest BCUT2D eigenvalue weighted by molar-refractivity contribution is 4.71. The standard InChI is InChI=1S/C8H18N2.2C2H6/c1-8-7-9(2)5-4-6-10(8)3;2*1-2/h8H,4-7H2,1-3H3;2*1-2H3. The largest absolute Gasteiger partial charge is 0.305 e. The molecule has 2 heteroatoms. The Balaban J connectivity index is 0. The summed E-state index contributed by atoms with van der Waals surface area (Å²) in [5.74, 6) is 0. The molecule has 0 aromatic rings. The van der Waals surface area contributed by atoms with E-state index in [1.165, 1.54) is 26.1 Å². The van der Waals surface area contributed by atoms with Gasteiger partial charge in [-0.2, -0.15) is 0 Å². The van der Waals surface area contributed by atoms with Crippen LogP contribution in [0.3, 0.4) is 0 Å². The van der Waals surface area contributed by atoms with Crippen LogP contribution in [0.25, 0.3) is 0 Å². The fourth-order valence-electron chi connectivity index (χ4n) is 1.49. The zero-order valence-electron chi connectivity index (χ0n) is 11.3. The molecular formula is C12H30N2. The molecule has 0 aliphatic carbocycles. The molecule has 1 unspecified atom stereocenters. The maximum Gasteiger partial charge on any atom is 0.0191 e. The van der Waals surface area contributed by atoms with E-state index in [2.05, 4.69) is 30.8 Å². The summed E-state index contributed by atoms with van der Waals surface area (Å²) in [6.45, 7) is 14.0. The van der Waals surface area contributed by atoms with Crippen molar-refractivity contribution in [3.8, 4) is 0 Å². The van der Waals surface area contributed by atoms with Crippen LogP contribution >= 0.6 is 0 Å². The van der Waals surface area contributed by atoms with Crippen molar-refractivity contribution in [2.24, 2.45) is 0 Å². The van der Waals surface area contributed by atoms with Crippen molar-refractivity contribution in [1.82, 2.24) is 9.80 Å². The lowest BCUT2D eigenvalue weighted by molar-refractivity contribution is 0.242. The van der Waals surface area contributed by atoms with Crippen molar-refractivity contribution in [1.29, 1.82) is 0 Å². The summed E-state index contributed by atoms with van der Waals surface area (Å²) < 4.78 is 0. The minimum absolute atomic E-state index is 0.729. The van der Waals surface area contributed by atoms with Gasteiger partial charge in [-0.15, -0.1) is 0 Å². The van der Waals surface area contributed by atoms with E-state index in [0.29, 0.717) is 0 Å². The first-order valence-corrected chi connectivity index (χ1v) is 6.09. The SMILES string of the molecule is CC.CC.CC1CN(C)CCCN1C. The number of hydrogen-bond donors (Lipinski definition) is 0. The smallest absolute Gasteiger partial charge is 0.0191 e. The van der Waals surface area contributed by atoms with Gasteiger partial charge in [0.2, 0.25) is 0 Å². The van der Waals surface area contributed by atoms with E-state index in [9.17, 15) is 0 Å². The third kappa shape index (κ3) is 7.34. The molecule has 0 aromatic heterocycles. The number of likely N-dealkylation sites (N-methyl/N-ethyl adjacent to an activating group) is 2. The van der Waals surface area contributed by atoms with Gasteiger partial charge in [-0.05, 0) is 40.5 Å². The summed E-state index contributed by atoms with van der Waals surface area (Å²) in [6.07, 6.45) is 1.32. The van der Waals surface area contributed by atoms with Crippen LogP contribution in [-0.2, 0) is 0 Å². The number of rotatable bonds is 0. The molecule has 0 bridgehead atoms. The Bertz CT molecular complexity index is 104. The van der Waals surface area contributed by atoms with Crippen molar-refractivity contribution in [3.63, 3.8) is 0 Å². The molecule has 1 rings (SSSR count). The number of hydrogen-bond acceptors (Lipinski definition) is 2. The van der Waals surface area contributed by atoms with Gasteiger partial charge in [0.05, 0.1) is 0 Å². The van der Waals surface area contributed by atoms with Crippen LogP contribution in [0.1, 0.15) is 41.0 Å². The van der Waals surface area contributed by atoms with Crippen molar-refractivity contribution in [3.05, 3.63) is 0 Å². The van der Waals surface area contributed by atoms with Gasteiger partial charge in [-0.1, -0.05) is 27.7 Å². The molecule has 0 amide bonds.